The van der Waals surface area contributed by atoms with E-state index in [1.54, 1.807) is 34.9 Å². The van der Waals surface area contributed by atoms with Gasteiger partial charge in [-0.25, -0.2) is 0 Å². The summed E-state index contributed by atoms with van der Waals surface area (Å²) < 4.78 is 0. The number of benzene rings is 2. The average Bonchev–Trinajstić information content (AvgIpc) is 2.75. The molecule has 33 heavy (non-hydrogen) atoms. The number of hydrogen-bond donors (Lipinski definition) is 1. The summed E-state index contributed by atoms with van der Waals surface area (Å²) in [5.74, 6) is 0.766. The Morgan fingerprint density at radius 1 is 1.06 bits per heavy atom. The Balaban J connectivity index is 2.18. The number of hydrogen-bond acceptors (Lipinski definition) is 3. The summed E-state index contributed by atoms with van der Waals surface area (Å²) in [6.07, 6.45) is 2.40. The highest BCUT2D eigenvalue weighted by atomic mass is 35.5. The Kier molecular flexibility index (Phi) is 11.6. The lowest BCUT2D eigenvalue weighted by Crippen LogP contribution is -2.49. The van der Waals surface area contributed by atoms with Crippen molar-refractivity contribution in [2.45, 2.75) is 65.3 Å². The molecule has 2 rings (SSSR count). The van der Waals surface area contributed by atoms with Gasteiger partial charge in [0.15, 0.2) is 0 Å². The Labute approximate surface area is 212 Å². The highest BCUT2D eigenvalue weighted by molar-refractivity contribution is 7.99. The van der Waals surface area contributed by atoms with Crippen LogP contribution in [-0.4, -0.2) is 35.1 Å². The van der Waals surface area contributed by atoms with Crippen molar-refractivity contribution < 1.29 is 9.59 Å². The first-order valence-electron chi connectivity index (χ1n) is 11.4. The molecule has 0 aromatic heterocycles. The number of aryl methyl sites for hydroxylation is 2. The highest BCUT2D eigenvalue weighted by Crippen LogP contribution is 2.27. The quantitative estimate of drug-likeness (QED) is 0.330. The molecule has 0 saturated carbocycles. The first-order chi connectivity index (χ1) is 15.8. The standard InChI is InChI=1S/C26H34Cl2N2O2S/c1-5-7-11-29-26(32)24(6-2)30(15-21-22(27)9-8-10-23(21)28)25(31)17-33-16-20-13-18(3)12-19(4)14-20/h8-10,12-14,24H,5-7,11,15-17H2,1-4H3,(H,29,32)/t24-/m0/s1. The number of halogens is 2. The topological polar surface area (TPSA) is 49.4 Å². The number of amides is 2. The largest absolute Gasteiger partial charge is 0.354 e. The van der Waals surface area contributed by atoms with Crippen molar-refractivity contribution in [1.29, 1.82) is 0 Å². The number of thioether (sulfide) groups is 1. The number of rotatable bonds is 12. The number of carbonyl (C=O) groups is 2. The van der Waals surface area contributed by atoms with Crippen molar-refractivity contribution >= 4 is 46.8 Å². The lowest BCUT2D eigenvalue weighted by Gasteiger charge is -2.31. The van der Waals surface area contributed by atoms with E-state index in [1.807, 2.05) is 6.92 Å². The molecule has 0 heterocycles. The predicted molar refractivity (Wildman–Crippen MR) is 141 cm³/mol. The van der Waals surface area contributed by atoms with Crippen molar-refractivity contribution in [3.8, 4) is 0 Å². The zero-order valence-electron chi connectivity index (χ0n) is 19.9. The Hall–Kier alpha value is -1.69. The molecule has 0 bridgehead atoms. The Morgan fingerprint density at radius 2 is 1.70 bits per heavy atom. The second-order valence-electron chi connectivity index (χ2n) is 8.28. The van der Waals surface area contributed by atoms with Gasteiger partial charge in [0, 0.05) is 34.5 Å². The summed E-state index contributed by atoms with van der Waals surface area (Å²) in [4.78, 5) is 27.9. The minimum Gasteiger partial charge on any atom is -0.354 e. The van der Waals surface area contributed by atoms with E-state index in [1.165, 1.54) is 16.7 Å². The van der Waals surface area contributed by atoms with Gasteiger partial charge in [0.2, 0.25) is 11.8 Å². The summed E-state index contributed by atoms with van der Waals surface area (Å²) in [6.45, 7) is 8.94. The third kappa shape index (κ3) is 8.55. The van der Waals surface area contributed by atoms with E-state index in [2.05, 4.69) is 44.3 Å². The molecule has 0 unspecified atom stereocenters. The molecule has 180 valence electrons. The molecule has 0 fully saturated rings. The van der Waals surface area contributed by atoms with Gasteiger partial charge in [-0.2, -0.15) is 0 Å². The molecule has 0 spiro atoms. The number of carbonyl (C=O) groups excluding carboxylic acids is 2. The summed E-state index contributed by atoms with van der Waals surface area (Å²) >= 11 is 14.3. The molecule has 0 aliphatic heterocycles. The van der Waals surface area contributed by atoms with Crippen LogP contribution in [0.15, 0.2) is 36.4 Å². The van der Waals surface area contributed by atoms with E-state index < -0.39 is 6.04 Å². The molecule has 0 aliphatic carbocycles. The van der Waals surface area contributed by atoms with Crippen LogP contribution in [-0.2, 0) is 21.9 Å². The first kappa shape index (κ1) is 27.6. The lowest BCUT2D eigenvalue weighted by molar-refractivity contribution is -0.139. The second kappa shape index (κ2) is 13.9. The van der Waals surface area contributed by atoms with Crippen LogP contribution in [0.3, 0.4) is 0 Å². The van der Waals surface area contributed by atoms with E-state index >= 15 is 0 Å². The van der Waals surface area contributed by atoms with Gasteiger partial charge in [-0.1, -0.05) is 78.9 Å². The molecular weight excluding hydrogens is 475 g/mol. The maximum absolute atomic E-state index is 13.4. The molecule has 2 aromatic carbocycles. The first-order valence-corrected chi connectivity index (χ1v) is 13.3. The third-order valence-electron chi connectivity index (χ3n) is 5.38. The highest BCUT2D eigenvalue weighted by Gasteiger charge is 2.29. The molecule has 1 N–H and O–H groups in total. The fraction of sp³-hybridized carbons (Fsp3) is 0.462. The molecule has 0 saturated heterocycles. The number of nitrogens with zero attached hydrogens (tertiary/aromatic N) is 1. The molecule has 2 amide bonds. The van der Waals surface area contributed by atoms with Gasteiger partial charge in [-0.3, -0.25) is 9.59 Å². The minimum absolute atomic E-state index is 0.0992. The van der Waals surface area contributed by atoms with E-state index in [-0.39, 0.29) is 24.1 Å². The number of nitrogens with one attached hydrogen (secondary N) is 1. The molecule has 7 heteroatoms. The van der Waals surface area contributed by atoms with Gasteiger partial charge < -0.3 is 10.2 Å². The van der Waals surface area contributed by atoms with Gasteiger partial charge in [-0.15, -0.1) is 11.8 Å². The van der Waals surface area contributed by atoms with E-state index in [0.29, 0.717) is 28.6 Å². The fourth-order valence-electron chi connectivity index (χ4n) is 3.77. The normalized spacial score (nSPS) is 11.8. The summed E-state index contributed by atoms with van der Waals surface area (Å²) in [5.41, 5.74) is 4.27. The van der Waals surface area contributed by atoms with Crippen LogP contribution in [0.2, 0.25) is 10.0 Å². The molecule has 2 aromatic rings. The maximum Gasteiger partial charge on any atom is 0.242 e. The van der Waals surface area contributed by atoms with Crippen molar-refractivity contribution in [3.05, 3.63) is 68.7 Å². The van der Waals surface area contributed by atoms with Gasteiger partial charge in [0.1, 0.15) is 6.04 Å². The molecule has 0 radical (unpaired) electrons. The molecule has 0 aliphatic rings. The van der Waals surface area contributed by atoms with Crippen LogP contribution >= 0.6 is 35.0 Å². The zero-order valence-corrected chi connectivity index (χ0v) is 22.2. The van der Waals surface area contributed by atoms with E-state index in [9.17, 15) is 9.59 Å². The van der Waals surface area contributed by atoms with Gasteiger partial charge in [-0.05, 0) is 44.4 Å². The average molecular weight is 510 g/mol. The predicted octanol–water partition coefficient (Wildman–Crippen LogP) is 6.57. The summed E-state index contributed by atoms with van der Waals surface area (Å²) in [5, 5.41) is 3.95. The molecule has 1 atom stereocenters. The molecule has 4 nitrogen and oxygen atoms in total. The van der Waals surface area contributed by atoms with Crippen LogP contribution in [0.4, 0.5) is 0 Å². The van der Waals surface area contributed by atoms with Crippen LogP contribution in [0.1, 0.15) is 55.4 Å². The number of unbranched alkanes of at least 4 members (excludes halogenated alkanes) is 1. The Morgan fingerprint density at radius 3 is 2.27 bits per heavy atom. The third-order valence-corrected chi connectivity index (χ3v) is 7.08. The van der Waals surface area contributed by atoms with Gasteiger partial charge in [0.05, 0.1) is 5.75 Å². The van der Waals surface area contributed by atoms with Crippen LogP contribution in [0.25, 0.3) is 0 Å². The Bertz CT molecular complexity index is 911. The van der Waals surface area contributed by atoms with Crippen molar-refractivity contribution in [2.75, 3.05) is 12.3 Å². The fourth-order valence-corrected chi connectivity index (χ4v) is 5.13. The monoisotopic (exact) mass is 508 g/mol. The zero-order chi connectivity index (χ0) is 24.4. The van der Waals surface area contributed by atoms with E-state index in [0.717, 1.165) is 18.6 Å². The van der Waals surface area contributed by atoms with Gasteiger partial charge in [0.25, 0.3) is 0 Å². The van der Waals surface area contributed by atoms with Gasteiger partial charge >= 0.3 is 0 Å². The SMILES string of the molecule is CCCCNC(=O)[C@H](CC)N(Cc1c(Cl)cccc1Cl)C(=O)CSCc1cc(C)cc(C)c1. The van der Waals surface area contributed by atoms with Crippen LogP contribution < -0.4 is 5.32 Å². The second-order valence-corrected chi connectivity index (χ2v) is 10.1. The molecular formula is C26H34Cl2N2O2S. The van der Waals surface area contributed by atoms with Crippen molar-refractivity contribution in [1.82, 2.24) is 10.2 Å². The maximum atomic E-state index is 13.4. The smallest absolute Gasteiger partial charge is 0.242 e. The van der Waals surface area contributed by atoms with E-state index in [4.69, 9.17) is 23.2 Å². The van der Waals surface area contributed by atoms with Crippen molar-refractivity contribution in [3.63, 3.8) is 0 Å². The lowest BCUT2D eigenvalue weighted by atomic mass is 10.1. The van der Waals surface area contributed by atoms with Crippen molar-refractivity contribution in [2.24, 2.45) is 0 Å². The van der Waals surface area contributed by atoms with Crippen LogP contribution in [0.5, 0.6) is 0 Å². The summed E-state index contributed by atoms with van der Waals surface area (Å²) in [7, 11) is 0. The van der Waals surface area contributed by atoms with Crippen LogP contribution in [0, 0.1) is 13.8 Å². The minimum atomic E-state index is -0.580. The summed E-state index contributed by atoms with van der Waals surface area (Å²) in [6, 6.07) is 11.1.